The molecular formula is C4F9O6S3-. The average Bonchev–Trinajstić information content (AvgIpc) is 2.18. The van der Waals surface area contributed by atoms with Gasteiger partial charge in [0.05, 0.1) is 0 Å². The van der Waals surface area contributed by atoms with Crippen LogP contribution in [0.5, 0.6) is 0 Å². The monoisotopic (exact) mass is 411 g/mol. The molecule has 0 aromatic carbocycles. The highest BCUT2D eigenvalue weighted by Gasteiger charge is 2.42. The zero-order chi connectivity index (χ0) is 17.9. The van der Waals surface area contributed by atoms with Crippen LogP contribution in [0.25, 0.3) is 0 Å². The highest BCUT2D eigenvalue weighted by atomic mass is 32.3. The van der Waals surface area contributed by atoms with Crippen molar-refractivity contribution in [3.8, 4) is 0 Å². The van der Waals surface area contributed by atoms with E-state index in [0.717, 1.165) is 0 Å². The van der Waals surface area contributed by atoms with Gasteiger partial charge >= 0.3 is 18.2 Å². The lowest BCUT2D eigenvalue weighted by atomic mass is 11.4. The summed E-state index contributed by atoms with van der Waals surface area (Å²) in [5.41, 5.74) is -5.80. The molecule has 0 fully saturated rings. The van der Waals surface area contributed by atoms with Crippen LogP contribution in [0.15, 0.2) is 0 Å². The molecule has 3 atom stereocenters. The van der Waals surface area contributed by atoms with Gasteiger partial charge in [0.1, 0.15) is 0 Å². The zero-order valence-corrected chi connectivity index (χ0v) is 11.5. The van der Waals surface area contributed by atoms with Crippen molar-refractivity contribution in [2.75, 3.05) is 0 Å². The summed E-state index contributed by atoms with van der Waals surface area (Å²) in [5, 5.41) is 0. The summed E-state index contributed by atoms with van der Waals surface area (Å²) < 4.78 is 143. The summed E-state index contributed by atoms with van der Waals surface area (Å²) in [5.74, 6) is 0. The Balaban J connectivity index is 5.28. The van der Waals surface area contributed by atoms with Gasteiger partial charge in [0.2, 0.25) is 11.1 Å². The van der Waals surface area contributed by atoms with Crippen molar-refractivity contribution >= 4 is 33.2 Å². The molecule has 0 aliphatic rings. The molecule has 0 saturated heterocycles. The van der Waals surface area contributed by atoms with Crippen molar-refractivity contribution in [3.63, 3.8) is 0 Å². The van der Waals surface area contributed by atoms with Crippen molar-refractivity contribution in [2.24, 2.45) is 0 Å². The standard InChI is InChI=1S/C4F9O6S3/c5-2(6,7)18-20(14)1(17-22(16)4(11,12)13)21(15)19-3(8,9)10/q-1. The summed E-state index contributed by atoms with van der Waals surface area (Å²) in [6, 6.07) is 0. The van der Waals surface area contributed by atoms with Gasteiger partial charge in [-0.25, -0.2) is 12.6 Å². The number of hydrogen-bond acceptors (Lipinski definition) is 6. The van der Waals surface area contributed by atoms with Crippen molar-refractivity contribution in [1.82, 2.24) is 0 Å². The number of rotatable bonds is 6. The van der Waals surface area contributed by atoms with Crippen LogP contribution in [0.2, 0.25) is 0 Å². The third-order valence-corrected chi connectivity index (χ3v) is 4.06. The van der Waals surface area contributed by atoms with Gasteiger partial charge in [-0.3, -0.25) is 8.42 Å². The predicted molar refractivity (Wildman–Crippen MR) is 49.1 cm³/mol. The van der Waals surface area contributed by atoms with Crippen LogP contribution in [-0.4, -0.2) is 30.9 Å². The Morgan fingerprint density at radius 2 is 1.00 bits per heavy atom. The molecule has 0 aliphatic heterocycles. The lowest BCUT2D eigenvalue weighted by Gasteiger charge is -2.28. The summed E-state index contributed by atoms with van der Waals surface area (Å²) >= 11 is -13.2. The van der Waals surface area contributed by atoms with Crippen molar-refractivity contribution < 1.29 is 64.7 Å². The normalized spacial score (nSPS) is 18.3. The van der Waals surface area contributed by atoms with E-state index in [0.29, 0.717) is 0 Å². The van der Waals surface area contributed by atoms with Crippen LogP contribution >= 0.6 is 0 Å². The lowest BCUT2D eigenvalue weighted by Crippen LogP contribution is -2.30. The highest BCUT2D eigenvalue weighted by Crippen LogP contribution is 2.32. The molecule has 0 rings (SSSR count). The van der Waals surface area contributed by atoms with Gasteiger partial charge in [-0.2, -0.15) is 13.2 Å². The first-order chi connectivity index (χ1) is 9.53. The van der Waals surface area contributed by atoms with Gasteiger partial charge in [-0.05, 0) is 0 Å². The largest absolute Gasteiger partial charge is 0.533 e. The van der Waals surface area contributed by atoms with E-state index >= 15 is 0 Å². The molecule has 0 aromatic heterocycles. The van der Waals surface area contributed by atoms with Gasteiger partial charge in [0, 0.05) is 26.9 Å². The van der Waals surface area contributed by atoms with Gasteiger partial charge in [0.15, 0.2) is 0 Å². The Labute approximate surface area is 121 Å². The van der Waals surface area contributed by atoms with Crippen LogP contribution < -0.4 is 0 Å². The maximum Gasteiger partial charge on any atom is 0.533 e. The van der Waals surface area contributed by atoms with E-state index in [2.05, 4.69) is 12.5 Å². The molecule has 0 saturated carbocycles. The quantitative estimate of drug-likeness (QED) is 0.492. The molecule has 0 bridgehead atoms. The minimum atomic E-state index is -5.82. The minimum absolute atomic E-state index is 2.52. The summed E-state index contributed by atoms with van der Waals surface area (Å²) in [7, 11) is 0. The second-order valence-corrected chi connectivity index (χ2v) is 5.91. The molecular weight excluding hydrogens is 411 g/mol. The van der Waals surface area contributed by atoms with Gasteiger partial charge in [0.25, 0.3) is 0 Å². The van der Waals surface area contributed by atoms with Crippen molar-refractivity contribution in [2.45, 2.75) is 18.2 Å². The molecule has 3 unspecified atom stereocenters. The Hall–Kier alpha value is -0.300. The number of hydrogen-bond donors (Lipinski definition) is 0. The first-order valence-electron chi connectivity index (χ1n) is 3.93. The average molecular weight is 411 g/mol. The maximum atomic E-state index is 11.8. The van der Waals surface area contributed by atoms with E-state index < -0.39 is 56.2 Å². The molecule has 134 valence electrons. The minimum Gasteiger partial charge on any atom is -0.426 e. The van der Waals surface area contributed by atoms with Gasteiger partial charge in [-0.15, -0.1) is 26.3 Å². The fourth-order valence-corrected chi connectivity index (χ4v) is 2.62. The molecule has 0 spiro atoms. The third kappa shape index (κ3) is 8.98. The maximum absolute atomic E-state index is 11.8. The smallest absolute Gasteiger partial charge is 0.426 e. The van der Waals surface area contributed by atoms with Crippen LogP contribution in [0.4, 0.5) is 39.5 Å². The van der Waals surface area contributed by atoms with E-state index in [1.54, 1.807) is 0 Å². The topological polar surface area (TPSA) is 78.9 Å². The van der Waals surface area contributed by atoms with Crippen LogP contribution in [-0.2, 0) is 45.8 Å². The highest BCUT2D eigenvalue weighted by molar-refractivity contribution is 8.03. The molecule has 6 nitrogen and oxygen atoms in total. The summed E-state index contributed by atoms with van der Waals surface area (Å²) in [6.45, 7) is 0. The Morgan fingerprint density at radius 1 is 0.682 bits per heavy atom. The molecule has 0 amide bonds. The van der Waals surface area contributed by atoms with Gasteiger partial charge < -0.3 is 4.18 Å². The van der Waals surface area contributed by atoms with Crippen LogP contribution in [0.1, 0.15) is 0 Å². The number of alkyl halides is 9. The molecule has 0 heterocycles. The molecule has 0 aliphatic carbocycles. The second-order valence-electron chi connectivity index (χ2n) is 2.54. The fourth-order valence-electron chi connectivity index (χ4n) is 0.460. The van der Waals surface area contributed by atoms with Crippen molar-refractivity contribution in [1.29, 1.82) is 0 Å². The SMILES string of the molecule is O=S(OC(F)(F)F)[C-](OS(=O)C(F)(F)F)S(=O)OC(F)(F)F. The summed E-state index contributed by atoms with van der Waals surface area (Å²) in [4.78, 5) is 0. The predicted octanol–water partition coefficient (Wildman–Crippen LogP) is 2.03. The van der Waals surface area contributed by atoms with E-state index in [-0.39, 0.29) is 0 Å². The van der Waals surface area contributed by atoms with E-state index in [9.17, 15) is 52.1 Å². The number of halogens is 9. The second kappa shape index (κ2) is 7.51. The zero-order valence-electron chi connectivity index (χ0n) is 9.08. The third-order valence-electron chi connectivity index (χ3n) is 0.945. The Kier molecular flexibility index (Phi) is 7.41. The lowest BCUT2D eigenvalue weighted by molar-refractivity contribution is -0.270. The van der Waals surface area contributed by atoms with E-state index in [1.165, 1.54) is 0 Å². The Morgan fingerprint density at radius 3 is 1.23 bits per heavy atom. The van der Waals surface area contributed by atoms with E-state index in [1.807, 2.05) is 0 Å². The van der Waals surface area contributed by atoms with E-state index in [4.69, 9.17) is 0 Å². The molecule has 0 aromatic rings. The molecule has 0 N–H and O–H groups in total. The molecule has 18 heteroatoms. The fraction of sp³-hybridized carbons (Fsp3) is 0.750. The Bertz CT molecular complexity index is 426. The summed E-state index contributed by atoms with van der Waals surface area (Å²) in [6.07, 6.45) is -11.6. The molecule has 22 heavy (non-hydrogen) atoms. The van der Waals surface area contributed by atoms with Crippen LogP contribution in [0, 0.1) is 4.77 Å². The first kappa shape index (κ1) is 21.7. The van der Waals surface area contributed by atoms with Crippen LogP contribution in [0.3, 0.4) is 0 Å². The van der Waals surface area contributed by atoms with Crippen molar-refractivity contribution in [3.05, 3.63) is 4.77 Å². The molecule has 0 radical (unpaired) electrons. The first-order valence-corrected chi connectivity index (χ1v) is 7.15. The van der Waals surface area contributed by atoms with Gasteiger partial charge in [-0.1, -0.05) is 0 Å².